The summed E-state index contributed by atoms with van der Waals surface area (Å²) in [6.45, 7) is 2.52. The molecule has 124 valence electrons. The predicted molar refractivity (Wildman–Crippen MR) is 92.7 cm³/mol. The van der Waals surface area contributed by atoms with E-state index >= 15 is 0 Å². The molecule has 5 nitrogen and oxygen atoms in total. The van der Waals surface area contributed by atoms with Gasteiger partial charge in [-0.15, -0.1) is 0 Å². The lowest BCUT2D eigenvalue weighted by molar-refractivity contribution is 0.210. The average Bonchev–Trinajstić information content (AvgIpc) is 3.30. The monoisotopic (exact) mass is 341 g/mol. The Morgan fingerprint density at radius 3 is 3.04 bits per heavy atom. The summed E-state index contributed by atoms with van der Waals surface area (Å²) in [5.74, 6) is 2.47. The molecule has 1 aliphatic rings. The summed E-state index contributed by atoms with van der Waals surface area (Å²) >= 11 is 5.34. The van der Waals surface area contributed by atoms with Crippen LogP contribution in [0, 0.1) is 4.77 Å². The number of fused-ring (bicyclic) bond motifs is 1. The van der Waals surface area contributed by atoms with E-state index in [1.54, 1.807) is 6.26 Å². The second kappa shape index (κ2) is 6.28. The van der Waals surface area contributed by atoms with Crippen LogP contribution >= 0.6 is 12.2 Å². The number of nitrogens with zero attached hydrogens (tertiary/aromatic N) is 2. The Labute approximate surface area is 145 Å². The molecule has 0 radical (unpaired) electrons. The maximum Gasteiger partial charge on any atom is 0.195 e. The zero-order valence-electron chi connectivity index (χ0n) is 13.5. The Balaban J connectivity index is 1.56. The normalized spacial score (nSPS) is 14.5. The Kier molecular flexibility index (Phi) is 3.98. The molecular weight excluding hydrogens is 322 g/mol. The fourth-order valence-corrected chi connectivity index (χ4v) is 3.43. The van der Waals surface area contributed by atoms with Crippen LogP contribution < -0.4 is 4.74 Å². The van der Waals surface area contributed by atoms with Crippen molar-refractivity contribution in [3.63, 3.8) is 0 Å². The van der Waals surface area contributed by atoms with Crippen molar-refractivity contribution in [2.24, 2.45) is 0 Å². The Morgan fingerprint density at radius 1 is 1.33 bits per heavy atom. The summed E-state index contributed by atoms with van der Waals surface area (Å²) in [7, 11) is 0. The van der Waals surface area contributed by atoms with Crippen LogP contribution in [0.15, 0.2) is 41.0 Å². The molecular formula is C18H19N3O2S. The molecule has 0 saturated heterocycles. The molecule has 1 aliphatic carbocycles. The van der Waals surface area contributed by atoms with Gasteiger partial charge in [0.1, 0.15) is 11.5 Å². The van der Waals surface area contributed by atoms with Gasteiger partial charge in [-0.2, -0.15) is 5.10 Å². The second-order valence-electron chi connectivity index (χ2n) is 6.10. The highest BCUT2D eigenvalue weighted by atomic mass is 32.1. The maximum atomic E-state index is 6.12. The minimum absolute atomic E-state index is 0.215. The molecule has 24 heavy (non-hydrogen) atoms. The largest absolute Gasteiger partial charge is 0.483 e. The van der Waals surface area contributed by atoms with Crippen LogP contribution in [0.4, 0.5) is 0 Å². The molecule has 0 unspecified atom stereocenters. The number of furan rings is 1. The molecule has 0 bridgehead atoms. The van der Waals surface area contributed by atoms with Crippen LogP contribution in [-0.4, -0.2) is 14.8 Å². The Bertz CT molecular complexity index is 895. The van der Waals surface area contributed by atoms with E-state index in [-0.39, 0.29) is 6.10 Å². The third-order valence-corrected chi connectivity index (χ3v) is 4.74. The van der Waals surface area contributed by atoms with Crippen LogP contribution in [0.2, 0.25) is 0 Å². The highest BCUT2D eigenvalue weighted by Crippen LogP contribution is 2.28. The molecule has 4 rings (SSSR count). The van der Waals surface area contributed by atoms with Crippen LogP contribution in [-0.2, 0) is 19.4 Å². The van der Waals surface area contributed by atoms with E-state index < -0.39 is 0 Å². The third-order valence-electron chi connectivity index (χ3n) is 4.43. The SMILES string of the molecule is C[C@@H](Oc1ccc2c(c1)CCC2)c1n[nH]c(=S)n1Cc1ccco1. The number of ether oxygens (including phenoxy) is 1. The van der Waals surface area contributed by atoms with Gasteiger partial charge in [0.25, 0.3) is 0 Å². The lowest BCUT2D eigenvalue weighted by atomic mass is 10.1. The van der Waals surface area contributed by atoms with Crippen LogP contribution in [0.3, 0.4) is 0 Å². The molecule has 2 heterocycles. The highest BCUT2D eigenvalue weighted by Gasteiger charge is 2.18. The van der Waals surface area contributed by atoms with Gasteiger partial charge in [0.15, 0.2) is 16.7 Å². The van der Waals surface area contributed by atoms with Crippen LogP contribution in [0.5, 0.6) is 5.75 Å². The molecule has 0 fully saturated rings. The molecule has 1 aromatic carbocycles. The lowest BCUT2D eigenvalue weighted by Crippen LogP contribution is -2.12. The summed E-state index contributed by atoms with van der Waals surface area (Å²) in [5, 5.41) is 7.20. The molecule has 0 saturated carbocycles. The summed E-state index contributed by atoms with van der Waals surface area (Å²) < 4.78 is 14.0. The van der Waals surface area contributed by atoms with Gasteiger partial charge in [0, 0.05) is 0 Å². The van der Waals surface area contributed by atoms with Crippen molar-refractivity contribution in [1.29, 1.82) is 0 Å². The van der Waals surface area contributed by atoms with E-state index in [0.29, 0.717) is 11.3 Å². The fraction of sp³-hybridized carbons (Fsp3) is 0.333. The summed E-state index contributed by atoms with van der Waals surface area (Å²) in [4.78, 5) is 0. The van der Waals surface area contributed by atoms with Crippen molar-refractivity contribution in [2.75, 3.05) is 0 Å². The first-order valence-electron chi connectivity index (χ1n) is 8.16. The molecule has 0 spiro atoms. The molecule has 0 amide bonds. The summed E-state index contributed by atoms with van der Waals surface area (Å²) in [6.07, 6.45) is 4.98. The van der Waals surface area contributed by atoms with Gasteiger partial charge < -0.3 is 9.15 Å². The minimum Gasteiger partial charge on any atom is -0.483 e. The molecule has 6 heteroatoms. The Hall–Kier alpha value is -2.34. The van der Waals surface area contributed by atoms with Crippen molar-refractivity contribution in [3.8, 4) is 5.75 Å². The van der Waals surface area contributed by atoms with Gasteiger partial charge in [-0.1, -0.05) is 6.07 Å². The van der Waals surface area contributed by atoms with Gasteiger partial charge in [-0.05, 0) is 73.8 Å². The van der Waals surface area contributed by atoms with E-state index in [0.717, 1.165) is 23.8 Å². The van der Waals surface area contributed by atoms with Gasteiger partial charge in [0.2, 0.25) is 0 Å². The van der Waals surface area contributed by atoms with Crippen LogP contribution in [0.1, 0.15) is 42.2 Å². The third kappa shape index (κ3) is 2.89. The number of aromatic nitrogens is 3. The quantitative estimate of drug-likeness (QED) is 0.706. The number of aryl methyl sites for hydroxylation is 2. The Morgan fingerprint density at radius 2 is 2.21 bits per heavy atom. The van der Waals surface area contributed by atoms with Crippen molar-refractivity contribution in [2.45, 2.75) is 38.8 Å². The number of hydrogen-bond donors (Lipinski definition) is 1. The van der Waals surface area contributed by atoms with E-state index in [4.69, 9.17) is 21.4 Å². The number of rotatable bonds is 5. The first-order valence-corrected chi connectivity index (χ1v) is 8.57. The second-order valence-corrected chi connectivity index (χ2v) is 6.48. The van der Waals surface area contributed by atoms with Crippen molar-refractivity contribution < 1.29 is 9.15 Å². The molecule has 1 N–H and O–H groups in total. The molecule has 0 aliphatic heterocycles. The zero-order chi connectivity index (χ0) is 16.5. The van der Waals surface area contributed by atoms with E-state index in [9.17, 15) is 0 Å². The molecule has 1 atom stereocenters. The number of hydrogen-bond acceptors (Lipinski definition) is 4. The number of benzene rings is 1. The lowest BCUT2D eigenvalue weighted by Gasteiger charge is -2.16. The number of aromatic amines is 1. The first-order chi connectivity index (χ1) is 11.7. The van der Waals surface area contributed by atoms with Crippen LogP contribution in [0.25, 0.3) is 0 Å². The van der Waals surface area contributed by atoms with Crippen molar-refractivity contribution in [3.05, 3.63) is 64.1 Å². The van der Waals surface area contributed by atoms with E-state index in [2.05, 4.69) is 22.3 Å². The maximum absolute atomic E-state index is 6.12. The van der Waals surface area contributed by atoms with Crippen molar-refractivity contribution in [1.82, 2.24) is 14.8 Å². The van der Waals surface area contributed by atoms with Gasteiger partial charge in [-0.25, -0.2) is 0 Å². The van der Waals surface area contributed by atoms with Crippen molar-refractivity contribution >= 4 is 12.2 Å². The minimum atomic E-state index is -0.215. The molecule has 2 aromatic heterocycles. The first kappa shape index (κ1) is 15.2. The van der Waals surface area contributed by atoms with E-state index in [1.165, 1.54) is 24.0 Å². The van der Waals surface area contributed by atoms with Gasteiger partial charge in [0.05, 0.1) is 12.8 Å². The standard InChI is InChI=1S/C18H19N3O2S/c1-12(23-15-8-7-13-4-2-5-14(13)10-15)17-19-20-18(24)21(17)11-16-6-3-9-22-16/h3,6-10,12H,2,4-5,11H2,1H3,(H,20,24)/t12-/m1/s1. The zero-order valence-corrected chi connectivity index (χ0v) is 14.3. The van der Waals surface area contributed by atoms with E-state index in [1.807, 2.05) is 29.7 Å². The smallest absolute Gasteiger partial charge is 0.195 e. The van der Waals surface area contributed by atoms with Gasteiger partial charge >= 0.3 is 0 Å². The molecule has 3 aromatic rings. The summed E-state index contributed by atoms with van der Waals surface area (Å²) in [5.41, 5.74) is 2.84. The average molecular weight is 341 g/mol. The topological polar surface area (TPSA) is 56.0 Å². The predicted octanol–water partition coefficient (Wildman–Crippen LogP) is 4.21. The highest BCUT2D eigenvalue weighted by molar-refractivity contribution is 7.71. The fourth-order valence-electron chi connectivity index (χ4n) is 3.23. The number of H-pyrrole nitrogens is 1. The van der Waals surface area contributed by atoms with Gasteiger partial charge in [-0.3, -0.25) is 9.67 Å². The number of nitrogens with one attached hydrogen (secondary N) is 1. The summed E-state index contributed by atoms with van der Waals surface area (Å²) in [6, 6.07) is 10.1.